The number of aliphatic carboxylic acids is 1. The number of ether oxygens (including phenoxy) is 1. The Morgan fingerprint density at radius 2 is 1.86 bits per heavy atom. The summed E-state index contributed by atoms with van der Waals surface area (Å²) in [6.45, 7) is 0. The number of aromatic nitrogens is 2. The van der Waals surface area contributed by atoms with Crippen LogP contribution in [0.4, 0.5) is 0 Å². The molecule has 3 rings (SSSR count). The number of carboxylic acids is 1. The fourth-order valence-corrected chi connectivity index (χ4v) is 2.61. The number of fused-ring (bicyclic) bond motifs is 1. The van der Waals surface area contributed by atoms with Crippen LogP contribution in [0.25, 0.3) is 11.0 Å². The monoisotopic (exact) mass is 298 g/mol. The summed E-state index contributed by atoms with van der Waals surface area (Å²) in [4.78, 5) is 26.8. The Morgan fingerprint density at radius 3 is 2.59 bits per heavy atom. The molecule has 6 nitrogen and oxygen atoms in total. The van der Waals surface area contributed by atoms with E-state index in [0.717, 1.165) is 0 Å². The standard InChI is InChI=1S/C16H14N2O4/c1-22-13-9-5-2-6-10(13)14(15(19)20)18-12-8-4-3-7-11(12)17-16(18)21/h2-9,14H,1H3,(H,17,21)(H,19,20). The highest BCUT2D eigenvalue weighted by Gasteiger charge is 2.28. The van der Waals surface area contributed by atoms with Crippen molar-refractivity contribution in [2.45, 2.75) is 6.04 Å². The van der Waals surface area contributed by atoms with Crippen molar-refractivity contribution in [1.82, 2.24) is 9.55 Å². The van der Waals surface area contributed by atoms with Crippen LogP contribution in [0.5, 0.6) is 5.75 Å². The Bertz CT molecular complexity index is 894. The molecule has 22 heavy (non-hydrogen) atoms. The largest absolute Gasteiger partial charge is 0.496 e. The lowest BCUT2D eigenvalue weighted by molar-refractivity contribution is -0.139. The average molecular weight is 298 g/mol. The first-order chi connectivity index (χ1) is 10.6. The number of nitrogens with one attached hydrogen (secondary N) is 1. The smallest absolute Gasteiger partial charge is 0.331 e. The first-order valence-corrected chi connectivity index (χ1v) is 6.68. The highest BCUT2D eigenvalue weighted by atomic mass is 16.5. The molecule has 2 N–H and O–H groups in total. The number of carboxylic acid groups (broad SMARTS) is 1. The van der Waals surface area contributed by atoms with Crippen LogP contribution in [-0.2, 0) is 4.79 Å². The molecule has 0 aliphatic rings. The molecule has 0 fully saturated rings. The number of aromatic amines is 1. The molecule has 0 aliphatic heterocycles. The summed E-state index contributed by atoms with van der Waals surface area (Å²) in [7, 11) is 1.47. The lowest BCUT2D eigenvalue weighted by Crippen LogP contribution is -2.29. The van der Waals surface area contributed by atoms with Gasteiger partial charge in [0.05, 0.1) is 18.1 Å². The maximum atomic E-state index is 12.3. The fourth-order valence-electron chi connectivity index (χ4n) is 2.61. The molecule has 1 aromatic heterocycles. The van der Waals surface area contributed by atoms with Gasteiger partial charge < -0.3 is 14.8 Å². The van der Waals surface area contributed by atoms with Crippen molar-refractivity contribution in [3.63, 3.8) is 0 Å². The maximum absolute atomic E-state index is 12.3. The number of rotatable bonds is 4. The van der Waals surface area contributed by atoms with Crippen molar-refractivity contribution < 1.29 is 14.6 Å². The number of benzene rings is 2. The SMILES string of the molecule is COc1ccccc1C(C(=O)O)n1c(=O)[nH]c2ccccc21. The molecule has 0 bridgehead atoms. The Morgan fingerprint density at radius 1 is 1.18 bits per heavy atom. The van der Waals surface area contributed by atoms with Crippen molar-refractivity contribution in [1.29, 1.82) is 0 Å². The summed E-state index contributed by atoms with van der Waals surface area (Å²) in [6.07, 6.45) is 0. The van der Waals surface area contributed by atoms with E-state index in [1.54, 1.807) is 48.5 Å². The zero-order valence-corrected chi connectivity index (χ0v) is 11.8. The minimum Gasteiger partial charge on any atom is -0.496 e. The van der Waals surface area contributed by atoms with Crippen molar-refractivity contribution in [3.8, 4) is 5.75 Å². The molecule has 2 aromatic carbocycles. The van der Waals surface area contributed by atoms with E-state index in [4.69, 9.17) is 4.74 Å². The van der Waals surface area contributed by atoms with Gasteiger partial charge in [-0.25, -0.2) is 9.59 Å². The Hall–Kier alpha value is -3.02. The van der Waals surface area contributed by atoms with E-state index in [1.165, 1.54) is 11.7 Å². The molecular weight excluding hydrogens is 284 g/mol. The minimum absolute atomic E-state index is 0.421. The van der Waals surface area contributed by atoms with Crippen LogP contribution in [0.15, 0.2) is 53.3 Å². The van der Waals surface area contributed by atoms with Crippen molar-refractivity contribution in [2.75, 3.05) is 7.11 Å². The number of methoxy groups -OCH3 is 1. The fraction of sp³-hybridized carbons (Fsp3) is 0.125. The van der Waals surface area contributed by atoms with Crippen LogP contribution in [0.1, 0.15) is 11.6 Å². The molecule has 0 aliphatic carbocycles. The molecular formula is C16H14N2O4. The summed E-state index contributed by atoms with van der Waals surface area (Å²) >= 11 is 0. The molecule has 0 radical (unpaired) electrons. The Balaban J connectivity index is 2.30. The van der Waals surface area contributed by atoms with Crippen LogP contribution in [0, 0.1) is 0 Å². The van der Waals surface area contributed by atoms with E-state index in [-0.39, 0.29) is 0 Å². The molecule has 1 atom stereocenters. The van der Waals surface area contributed by atoms with Gasteiger partial charge in [-0.2, -0.15) is 0 Å². The lowest BCUT2D eigenvalue weighted by Gasteiger charge is -2.17. The number of hydrogen-bond acceptors (Lipinski definition) is 3. The second kappa shape index (κ2) is 5.40. The van der Waals surface area contributed by atoms with Gasteiger partial charge in [-0.15, -0.1) is 0 Å². The third kappa shape index (κ3) is 2.14. The predicted molar refractivity (Wildman–Crippen MR) is 81.3 cm³/mol. The molecule has 0 saturated heterocycles. The number of para-hydroxylation sites is 3. The normalized spacial score (nSPS) is 12.2. The quantitative estimate of drug-likeness (QED) is 0.771. The van der Waals surface area contributed by atoms with E-state index in [0.29, 0.717) is 22.3 Å². The zero-order chi connectivity index (χ0) is 15.7. The summed E-state index contributed by atoms with van der Waals surface area (Å²) in [6, 6.07) is 12.6. The molecule has 3 aromatic rings. The molecule has 0 saturated carbocycles. The molecule has 0 spiro atoms. The van der Waals surface area contributed by atoms with Crippen molar-refractivity contribution in [3.05, 3.63) is 64.6 Å². The first kappa shape index (κ1) is 13.9. The number of nitrogens with zero attached hydrogens (tertiary/aromatic N) is 1. The molecule has 1 unspecified atom stereocenters. The van der Waals surface area contributed by atoms with Crippen LogP contribution in [0.2, 0.25) is 0 Å². The van der Waals surface area contributed by atoms with Crippen LogP contribution >= 0.6 is 0 Å². The van der Waals surface area contributed by atoms with Gasteiger partial charge in [0.1, 0.15) is 5.75 Å². The molecule has 112 valence electrons. The summed E-state index contributed by atoms with van der Waals surface area (Å²) < 4.78 is 6.47. The van der Waals surface area contributed by atoms with Crippen molar-refractivity contribution >= 4 is 17.0 Å². The van der Waals surface area contributed by atoms with Crippen molar-refractivity contribution in [2.24, 2.45) is 0 Å². The van der Waals surface area contributed by atoms with Gasteiger partial charge in [0, 0.05) is 5.56 Å². The summed E-state index contributed by atoms with van der Waals surface area (Å²) in [5.74, 6) is -0.705. The minimum atomic E-state index is -1.17. The first-order valence-electron chi connectivity index (χ1n) is 6.68. The van der Waals surface area contributed by atoms with Gasteiger partial charge in [-0.1, -0.05) is 30.3 Å². The van der Waals surface area contributed by atoms with E-state index < -0.39 is 17.7 Å². The van der Waals surface area contributed by atoms with Crippen LogP contribution < -0.4 is 10.4 Å². The highest BCUT2D eigenvalue weighted by molar-refractivity contribution is 5.82. The van der Waals surface area contributed by atoms with E-state index >= 15 is 0 Å². The maximum Gasteiger partial charge on any atom is 0.331 e. The van der Waals surface area contributed by atoms with E-state index in [1.807, 2.05) is 0 Å². The van der Waals surface area contributed by atoms with Gasteiger partial charge in [0.25, 0.3) is 0 Å². The Kier molecular flexibility index (Phi) is 3.42. The highest BCUT2D eigenvalue weighted by Crippen LogP contribution is 2.29. The molecule has 6 heteroatoms. The molecule has 0 amide bonds. The zero-order valence-electron chi connectivity index (χ0n) is 11.8. The third-order valence-electron chi connectivity index (χ3n) is 3.55. The van der Waals surface area contributed by atoms with Gasteiger partial charge in [-0.05, 0) is 18.2 Å². The van der Waals surface area contributed by atoms with Gasteiger partial charge >= 0.3 is 11.7 Å². The topological polar surface area (TPSA) is 84.3 Å². The number of carbonyl (C=O) groups is 1. The van der Waals surface area contributed by atoms with Crippen LogP contribution in [0.3, 0.4) is 0 Å². The average Bonchev–Trinajstić information content (AvgIpc) is 2.84. The second-order valence-electron chi connectivity index (χ2n) is 4.80. The third-order valence-corrected chi connectivity index (χ3v) is 3.55. The van der Waals surface area contributed by atoms with Gasteiger partial charge in [0.2, 0.25) is 0 Å². The van der Waals surface area contributed by atoms with E-state index in [2.05, 4.69) is 4.98 Å². The predicted octanol–water partition coefficient (Wildman–Crippen LogP) is 2.01. The van der Waals surface area contributed by atoms with E-state index in [9.17, 15) is 14.7 Å². The number of hydrogen-bond donors (Lipinski definition) is 2. The summed E-state index contributed by atoms with van der Waals surface area (Å²) in [5, 5.41) is 9.67. The number of H-pyrrole nitrogens is 1. The lowest BCUT2D eigenvalue weighted by atomic mass is 10.1. The van der Waals surface area contributed by atoms with Gasteiger partial charge in [0.15, 0.2) is 6.04 Å². The Labute approximate surface area is 125 Å². The summed E-state index contributed by atoms with van der Waals surface area (Å²) in [5.41, 5.74) is 1.07. The molecule has 1 heterocycles. The van der Waals surface area contributed by atoms with Crippen LogP contribution in [-0.4, -0.2) is 27.7 Å². The second-order valence-corrected chi connectivity index (χ2v) is 4.80. The number of imidazole rings is 1. The van der Waals surface area contributed by atoms with Gasteiger partial charge in [-0.3, -0.25) is 4.57 Å².